The first-order chi connectivity index (χ1) is 8.68. The van der Waals surface area contributed by atoms with Gasteiger partial charge in [-0.25, -0.2) is 30.5 Å². The van der Waals surface area contributed by atoms with Gasteiger partial charge in [-0.05, 0) is 11.8 Å². The molecule has 0 heterocycles. The third-order valence-corrected chi connectivity index (χ3v) is 1.84. The van der Waals surface area contributed by atoms with E-state index in [4.69, 9.17) is 0 Å². The van der Waals surface area contributed by atoms with Crippen LogP contribution >= 0.6 is 11.8 Å². The second-order valence-corrected chi connectivity index (χ2v) is 5.94. The monoisotopic (exact) mass is 453 g/mol. The first kappa shape index (κ1) is 38.3. The molecule has 0 fully saturated rings. The molecule has 10 nitrogen and oxygen atoms in total. The summed E-state index contributed by atoms with van der Waals surface area (Å²) in [5, 5.41) is 5.03. The molecular weight excluding hydrogens is 443 g/mol. The first-order valence-electron chi connectivity index (χ1n) is 3.65. The average molecular weight is 454 g/mol. The van der Waals surface area contributed by atoms with Crippen LogP contribution in [0.25, 0.3) is 0 Å². The quantitative estimate of drug-likeness (QED) is 0.250. The van der Waals surface area contributed by atoms with Gasteiger partial charge in [-0.2, -0.15) is 0 Å². The summed E-state index contributed by atoms with van der Waals surface area (Å²) in [4.78, 5) is 0. The first-order valence-corrected chi connectivity index (χ1v) is 8.50. The molecule has 0 aliphatic carbocycles. The van der Waals surface area contributed by atoms with Gasteiger partial charge in [-0.15, -0.1) is 0 Å². The van der Waals surface area contributed by atoms with Gasteiger partial charge in [0.25, 0.3) is 0 Å². The van der Waals surface area contributed by atoms with Crippen LogP contribution in [0.15, 0.2) is 36.0 Å². The predicted molar refractivity (Wildman–Crippen MR) is 69.7 cm³/mol. The number of halogens is 1. The van der Waals surface area contributed by atoms with Gasteiger partial charge >= 0.3 is 46.0 Å². The minimum atomic E-state index is -4.15. The Hall–Kier alpha value is 0.694. The average Bonchev–Trinajstić information content (AvgIpc) is 2.30. The van der Waals surface area contributed by atoms with E-state index in [2.05, 4.69) is 36.8 Å². The van der Waals surface area contributed by atoms with Crippen molar-refractivity contribution in [2.45, 2.75) is 0 Å². The SMILES string of the molecule is C=CS(=O)(=O)[O-].C=CS(=O)(=O)[O-].C=CS(=O)(=O)[O-].NCl.[Na+].[Ni+2]. The van der Waals surface area contributed by atoms with Gasteiger partial charge in [0.05, 0.1) is 0 Å². The fourth-order valence-electron chi connectivity index (χ4n) is 0. The van der Waals surface area contributed by atoms with Gasteiger partial charge in [0.15, 0.2) is 0 Å². The Kier molecular flexibility index (Phi) is 34.4. The normalized spacial score (nSPS) is 9.14. The summed E-state index contributed by atoms with van der Waals surface area (Å²) in [6.45, 7) is 8.19. The summed E-state index contributed by atoms with van der Waals surface area (Å²) in [6, 6.07) is 0. The fraction of sp³-hybridized carbons (Fsp3) is 0. The van der Waals surface area contributed by atoms with E-state index in [9.17, 15) is 38.9 Å². The maximum absolute atomic E-state index is 9.33. The molecule has 0 atom stereocenters. The smallest absolute Gasteiger partial charge is 0.745 e. The maximum atomic E-state index is 9.33. The molecule has 0 saturated heterocycles. The van der Waals surface area contributed by atoms with Gasteiger partial charge in [-0.3, -0.25) is 0 Å². The van der Waals surface area contributed by atoms with Gasteiger partial charge in [0.2, 0.25) is 0 Å². The fourth-order valence-corrected chi connectivity index (χ4v) is 0. The van der Waals surface area contributed by atoms with Gasteiger partial charge in [0.1, 0.15) is 30.4 Å². The molecule has 16 heteroatoms. The molecule has 0 aromatic carbocycles. The van der Waals surface area contributed by atoms with Crippen molar-refractivity contribution < 1.29 is 85.0 Å². The van der Waals surface area contributed by atoms with Crippen molar-refractivity contribution in [3.63, 3.8) is 0 Å². The Bertz CT molecular complexity index is 466. The van der Waals surface area contributed by atoms with E-state index in [0.717, 1.165) is 0 Å². The molecule has 2 N–H and O–H groups in total. The van der Waals surface area contributed by atoms with Crippen LogP contribution in [0.4, 0.5) is 0 Å². The summed E-state index contributed by atoms with van der Waals surface area (Å²) in [6.07, 6.45) is 0. The third kappa shape index (κ3) is 85.4. The summed E-state index contributed by atoms with van der Waals surface area (Å²) in [5.74, 6) is 0. The number of hydrogen-bond acceptors (Lipinski definition) is 10. The topological polar surface area (TPSA) is 198 Å². The number of rotatable bonds is 3. The molecule has 22 heavy (non-hydrogen) atoms. The van der Waals surface area contributed by atoms with Gasteiger partial charge < -0.3 is 13.7 Å². The minimum Gasteiger partial charge on any atom is -0.745 e. The third-order valence-electron chi connectivity index (χ3n) is 0.612. The number of nitrogens with two attached hydrogens (primary N) is 1. The molecule has 0 saturated carbocycles. The van der Waals surface area contributed by atoms with E-state index < -0.39 is 30.4 Å². The molecule has 0 amide bonds. The molecule has 0 radical (unpaired) electrons. The van der Waals surface area contributed by atoms with Crippen LogP contribution in [-0.2, 0) is 46.8 Å². The molecule has 0 unspecified atom stereocenters. The summed E-state index contributed by atoms with van der Waals surface area (Å²) in [7, 11) is -12.4. The maximum Gasteiger partial charge on any atom is 2.00 e. The Morgan fingerprint density at radius 2 is 0.727 bits per heavy atom. The predicted octanol–water partition coefficient (Wildman–Crippen LogP) is -3.87. The summed E-state index contributed by atoms with van der Waals surface area (Å²) >= 11 is 4.14. The largest absolute Gasteiger partial charge is 2.00 e. The van der Waals surface area contributed by atoms with Crippen molar-refractivity contribution >= 4 is 42.1 Å². The van der Waals surface area contributed by atoms with Crippen LogP contribution < -0.4 is 34.8 Å². The van der Waals surface area contributed by atoms with Crippen molar-refractivity contribution in [2.24, 2.45) is 5.25 Å². The van der Waals surface area contributed by atoms with Crippen LogP contribution in [-0.4, -0.2) is 38.9 Å². The van der Waals surface area contributed by atoms with Crippen molar-refractivity contribution in [2.75, 3.05) is 0 Å². The molecule has 0 aliphatic rings. The van der Waals surface area contributed by atoms with E-state index >= 15 is 0 Å². The van der Waals surface area contributed by atoms with Crippen LogP contribution in [0.5, 0.6) is 0 Å². The molecule has 0 bridgehead atoms. The van der Waals surface area contributed by atoms with Crippen molar-refractivity contribution in [1.82, 2.24) is 0 Å². The zero-order chi connectivity index (χ0) is 17.6. The number of hydrogen-bond donors (Lipinski definition) is 1. The molecule has 0 rings (SSSR count). The Morgan fingerprint density at radius 1 is 0.682 bits per heavy atom. The van der Waals surface area contributed by atoms with E-state index in [1.807, 2.05) is 0 Å². The van der Waals surface area contributed by atoms with Crippen molar-refractivity contribution in [3.05, 3.63) is 36.0 Å². The molecule has 130 valence electrons. The molecule has 0 aromatic rings. The standard InChI is InChI=1S/3C2H4O3S.ClH2N.Na.Ni/c3*1-2-6(3,4)5;1-2;;/h3*2H,1H2,(H,3,4,5);2H2;;/q;;;;+1;+2/p-3. The Balaban J connectivity index is -0.0000000395. The van der Waals surface area contributed by atoms with Crippen molar-refractivity contribution in [1.29, 1.82) is 0 Å². The van der Waals surface area contributed by atoms with E-state index in [1.54, 1.807) is 0 Å². The summed E-state index contributed by atoms with van der Waals surface area (Å²) < 4.78 is 83.9. The van der Waals surface area contributed by atoms with E-state index in [0.29, 0.717) is 16.2 Å². The Labute approximate surface area is 167 Å². The molecular formula is C6H11ClNNaNiO9S3. The van der Waals surface area contributed by atoms with Crippen LogP contribution in [0, 0.1) is 0 Å². The van der Waals surface area contributed by atoms with E-state index in [-0.39, 0.29) is 46.0 Å². The van der Waals surface area contributed by atoms with Crippen LogP contribution in [0.1, 0.15) is 0 Å². The van der Waals surface area contributed by atoms with Gasteiger partial charge in [-0.1, -0.05) is 19.7 Å². The van der Waals surface area contributed by atoms with Gasteiger partial charge in [0, 0.05) is 16.2 Å². The Morgan fingerprint density at radius 3 is 0.727 bits per heavy atom. The zero-order valence-corrected chi connectivity index (χ0v) is 17.2. The van der Waals surface area contributed by atoms with Crippen LogP contribution in [0.2, 0.25) is 0 Å². The van der Waals surface area contributed by atoms with Crippen molar-refractivity contribution in [3.8, 4) is 0 Å². The molecule has 0 aliphatic heterocycles. The molecule has 0 aromatic heterocycles. The minimum absolute atomic E-state index is 0. The molecule has 0 spiro atoms. The summed E-state index contributed by atoms with van der Waals surface area (Å²) in [5.41, 5.74) is 0. The second kappa shape index (κ2) is 19.7. The second-order valence-electron chi connectivity index (χ2n) is 1.98. The van der Waals surface area contributed by atoms with Crippen LogP contribution in [0.3, 0.4) is 0 Å². The van der Waals surface area contributed by atoms with E-state index in [1.165, 1.54) is 0 Å². The zero-order valence-electron chi connectivity index (χ0n) is 11.0.